The SMILES string of the molecule is CNC(=O)c1cc2c(-c3sc(C(C)(C)O)c(F)c3Oc3c(C)cncc3C)cn(C)c(=O)c2[nH]1. The molecule has 0 bridgehead atoms. The van der Waals surface area contributed by atoms with Crippen LogP contribution in [0.5, 0.6) is 11.5 Å². The van der Waals surface area contributed by atoms with Gasteiger partial charge in [0.15, 0.2) is 11.6 Å². The minimum absolute atomic E-state index is 0.0674. The molecular weight excluding hydrogens is 459 g/mol. The predicted octanol–water partition coefficient (Wildman–Crippen LogP) is 4.13. The molecule has 4 rings (SSSR count). The summed E-state index contributed by atoms with van der Waals surface area (Å²) < 4.78 is 23.3. The molecule has 0 unspecified atom stereocenters. The average Bonchev–Trinajstić information content (AvgIpc) is 3.35. The predicted molar refractivity (Wildman–Crippen MR) is 129 cm³/mol. The van der Waals surface area contributed by atoms with Gasteiger partial charge in [-0.3, -0.25) is 14.6 Å². The molecule has 0 aliphatic heterocycles. The van der Waals surface area contributed by atoms with Gasteiger partial charge in [-0.2, -0.15) is 0 Å². The summed E-state index contributed by atoms with van der Waals surface area (Å²) in [4.78, 5) is 32.5. The molecule has 10 heteroatoms. The fourth-order valence-corrected chi connectivity index (χ4v) is 4.91. The Bertz CT molecular complexity index is 1470. The summed E-state index contributed by atoms with van der Waals surface area (Å²) in [5, 5.41) is 13.6. The highest BCUT2D eigenvalue weighted by atomic mass is 32.1. The van der Waals surface area contributed by atoms with E-state index in [1.54, 1.807) is 31.7 Å². The fourth-order valence-electron chi connectivity index (χ4n) is 3.78. The zero-order chi connectivity index (χ0) is 24.9. The second-order valence-corrected chi connectivity index (χ2v) is 9.70. The van der Waals surface area contributed by atoms with Gasteiger partial charge in [-0.25, -0.2) is 4.39 Å². The highest BCUT2D eigenvalue weighted by Crippen LogP contribution is 2.49. The van der Waals surface area contributed by atoms with E-state index in [1.807, 2.05) is 13.8 Å². The number of fused-ring (bicyclic) bond motifs is 1. The molecule has 0 saturated carbocycles. The molecule has 4 aromatic heterocycles. The summed E-state index contributed by atoms with van der Waals surface area (Å²) in [6.45, 7) is 6.61. The summed E-state index contributed by atoms with van der Waals surface area (Å²) in [7, 11) is 3.06. The molecule has 4 aromatic rings. The zero-order valence-electron chi connectivity index (χ0n) is 19.7. The maximum atomic E-state index is 15.8. The van der Waals surface area contributed by atoms with Crippen LogP contribution in [0.1, 0.15) is 40.3 Å². The number of pyridine rings is 2. The fraction of sp³-hybridized carbons (Fsp3) is 0.292. The van der Waals surface area contributed by atoms with E-state index in [0.29, 0.717) is 21.6 Å². The summed E-state index contributed by atoms with van der Waals surface area (Å²) in [6.07, 6.45) is 4.81. The molecule has 3 N–H and O–H groups in total. The number of carbonyl (C=O) groups is 1. The van der Waals surface area contributed by atoms with Crippen molar-refractivity contribution in [2.45, 2.75) is 33.3 Å². The highest BCUT2D eigenvalue weighted by molar-refractivity contribution is 7.16. The number of halogens is 1. The molecule has 8 nitrogen and oxygen atoms in total. The molecular formula is C24H25FN4O4S. The number of hydrogen-bond acceptors (Lipinski definition) is 6. The first-order chi connectivity index (χ1) is 15.9. The molecule has 0 fully saturated rings. The van der Waals surface area contributed by atoms with Crippen molar-refractivity contribution in [3.8, 4) is 21.9 Å². The van der Waals surface area contributed by atoms with Crippen LogP contribution in [0, 0.1) is 19.7 Å². The highest BCUT2D eigenvalue weighted by Gasteiger charge is 2.32. The minimum atomic E-state index is -1.47. The van der Waals surface area contributed by atoms with Crippen LogP contribution in [-0.2, 0) is 12.6 Å². The van der Waals surface area contributed by atoms with Crippen LogP contribution in [0.25, 0.3) is 21.3 Å². The Labute approximate surface area is 199 Å². The van der Waals surface area contributed by atoms with Gasteiger partial charge in [-0.1, -0.05) is 0 Å². The Hall–Kier alpha value is -3.50. The second kappa shape index (κ2) is 8.37. The molecule has 0 radical (unpaired) electrons. The smallest absolute Gasteiger partial charge is 0.274 e. The van der Waals surface area contributed by atoms with Crippen molar-refractivity contribution in [2.75, 3.05) is 7.05 Å². The van der Waals surface area contributed by atoms with Crippen LogP contribution in [0.2, 0.25) is 0 Å². The lowest BCUT2D eigenvalue weighted by Crippen LogP contribution is -2.19. The van der Waals surface area contributed by atoms with Crippen LogP contribution in [0.15, 0.2) is 29.5 Å². The molecule has 178 valence electrons. The quantitative estimate of drug-likeness (QED) is 0.395. The minimum Gasteiger partial charge on any atom is -0.452 e. The van der Waals surface area contributed by atoms with Crippen LogP contribution in [-0.4, -0.2) is 32.6 Å². The third-order valence-corrected chi connectivity index (χ3v) is 6.99. The van der Waals surface area contributed by atoms with E-state index < -0.39 is 17.3 Å². The van der Waals surface area contributed by atoms with Crippen molar-refractivity contribution in [3.63, 3.8) is 0 Å². The van der Waals surface area contributed by atoms with Crippen LogP contribution in [0.3, 0.4) is 0 Å². The molecule has 0 aliphatic carbocycles. The normalized spacial score (nSPS) is 11.8. The molecule has 34 heavy (non-hydrogen) atoms. The number of nitrogens with zero attached hydrogens (tertiary/aromatic N) is 2. The van der Waals surface area contributed by atoms with Crippen molar-refractivity contribution >= 4 is 28.1 Å². The maximum Gasteiger partial charge on any atom is 0.274 e. The lowest BCUT2D eigenvalue weighted by molar-refractivity contribution is 0.0785. The molecule has 0 aliphatic rings. The Kier molecular flexibility index (Phi) is 5.82. The molecule has 1 amide bonds. The van der Waals surface area contributed by atoms with E-state index in [-0.39, 0.29) is 27.4 Å². The lowest BCUT2D eigenvalue weighted by atomic mass is 10.1. The van der Waals surface area contributed by atoms with Crippen molar-refractivity contribution in [1.29, 1.82) is 0 Å². The monoisotopic (exact) mass is 484 g/mol. The van der Waals surface area contributed by atoms with Gasteiger partial charge in [0.1, 0.15) is 17.0 Å². The number of amides is 1. The first kappa shape index (κ1) is 23.7. The van der Waals surface area contributed by atoms with Gasteiger partial charge in [0.05, 0.1) is 15.4 Å². The number of ether oxygens (including phenoxy) is 1. The molecule has 4 heterocycles. The van der Waals surface area contributed by atoms with Crippen molar-refractivity contribution in [2.24, 2.45) is 7.05 Å². The second-order valence-electron chi connectivity index (χ2n) is 8.68. The van der Waals surface area contributed by atoms with Gasteiger partial charge < -0.3 is 24.7 Å². The van der Waals surface area contributed by atoms with Gasteiger partial charge in [0, 0.05) is 54.8 Å². The summed E-state index contributed by atoms with van der Waals surface area (Å²) >= 11 is 1.03. The number of rotatable bonds is 5. The first-order valence-corrected chi connectivity index (χ1v) is 11.3. The Morgan fingerprint density at radius 3 is 2.50 bits per heavy atom. The zero-order valence-corrected chi connectivity index (χ0v) is 20.5. The van der Waals surface area contributed by atoms with E-state index in [0.717, 1.165) is 22.5 Å². The number of aromatic amines is 1. The van der Waals surface area contributed by atoms with Crippen molar-refractivity contribution in [3.05, 3.63) is 62.5 Å². The maximum absolute atomic E-state index is 15.8. The third-order valence-electron chi connectivity index (χ3n) is 5.50. The van der Waals surface area contributed by atoms with Gasteiger partial charge in [-0.15, -0.1) is 11.3 Å². The first-order valence-electron chi connectivity index (χ1n) is 10.5. The Morgan fingerprint density at radius 2 is 1.91 bits per heavy atom. The van der Waals surface area contributed by atoms with Gasteiger partial charge in [0.2, 0.25) is 0 Å². The van der Waals surface area contributed by atoms with Crippen LogP contribution < -0.4 is 15.6 Å². The van der Waals surface area contributed by atoms with E-state index in [9.17, 15) is 14.7 Å². The van der Waals surface area contributed by atoms with E-state index in [1.165, 1.54) is 25.5 Å². The lowest BCUT2D eigenvalue weighted by Gasteiger charge is -2.15. The standard InChI is InChI=1S/C24H25FN4O4S/c1-11-8-27-9-12(2)18(11)33-19-16(25)21(24(3,4)32)34-20(19)14-10-29(6)23(31)17-13(14)7-15(28-17)22(30)26-5/h7-10,28,32H,1-6H3,(H,26,30). The average molecular weight is 485 g/mol. The Morgan fingerprint density at radius 1 is 1.26 bits per heavy atom. The molecule has 0 atom stereocenters. The third kappa shape index (κ3) is 3.88. The number of nitrogens with one attached hydrogen (secondary N) is 2. The van der Waals surface area contributed by atoms with Gasteiger partial charge in [0.25, 0.3) is 11.5 Å². The number of carbonyl (C=O) groups excluding carboxylic acids is 1. The van der Waals surface area contributed by atoms with Gasteiger partial charge >= 0.3 is 0 Å². The van der Waals surface area contributed by atoms with E-state index in [2.05, 4.69) is 15.3 Å². The molecule has 0 saturated heterocycles. The summed E-state index contributed by atoms with van der Waals surface area (Å²) in [6, 6.07) is 1.55. The number of aromatic nitrogens is 3. The number of aliphatic hydroxyl groups is 1. The van der Waals surface area contributed by atoms with Crippen LogP contribution in [0.4, 0.5) is 4.39 Å². The summed E-state index contributed by atoms with van der Waals surface area (Å²) in [5.74, 6) is -0.691. The van der Waals surface area contributed by atoms with Crippen molar-refractivity contribution in [1.82, 2.24) is 19.9 Å². The van der Waals surface area contributed by atoms with E-state index in [4.69, 9.17) is 4.74 Å². The van der Waals surface area contributed by atoms with Crippen LogP contribution >= 0.6 is 11.3 Å². The topological polar surface area (TPSA) is 109 Å². The van der Waals surface area contributed by atoms with Gasteiger partial charge in [-0.05, 0) is 33.8 Å². The number of hydrogen-bond donors (Lipinski definition) is 3. The summed E-state index contributed by atoms with van der Waals surface area (Å²) in [5.41, 5.74) is 0.522. The largest absolute Gasteiger partial charge is 0.452 e. The molecule has 0 aromatic carbocycles. The van der Waals surface area contributed by atoms with E-state index >= 15 is 4.39 Å². The number of aryl methyl sites for hydroxylation is 3. The number of H-pyrrole nitrogens is 1. The Balaban J connectivity index is 2.05. The van der Waals surface area contributed by atoms with Crippen molar-refractivity contribution < 1.29 is 19.0 Å². The number of thiophene rings is 1. The molecule has 0 spiro atoms.